The van der Waals surface area contributed by atoms with Crippen LogP contribution in [0.15, 0.2) is 61.3 Å². The average Bonchev–Trinajstić information content (AvgIpc) is 3.21. The molecule has 0 aliphatic heterocycles. The van der Waals surface area contributed by atoms with E-state index in [-0.39, 0.29) is 5.91 Å². The first kappa shape index (κ1) is 16.8. The van der Waals surface area contributed by atoms with E-state index in [1.165, 1.54) is 12.7 Å². The third kappa shape index (κ3) is 4.07. The zero-order valence-corrected chi connectivity index (χ0v) is 13.9. The van der Waals surface area contributed by atoms with Gasteiger partial charge in [-0.3, -0.25) is 9.36 Å². The molecule has 0 unspecified atom stereocenters. The fraction of sp³-hybridized carbons (Fsp3) is 0.222. The van der Waals surface area contributed by atoms with E-state index in [0.717, 1.165) is 5.56 Å². The second kappa shape index (κ2) is 7.67. The highest BCUT2D eigenvalue weighted by Gasteiger charge is 2.15. The largest absolute Gasteiger partial charge is 0.388 e. The average molecular weight is 337 g/mol. The van der Waals surface area contributed by atoms with Gasteiger partial charge in [-0.1, -0.05) is 30.3 Å². The highest BCUT2D eigenvalue weighted by molar-refractivity contribution is 5.94. The number of hydrogen-bond donors (Lipinski definition) is 1. The third-order valence-electron chi connectivity index (χ3n) is 3.94. The molecule has 128 valence electrons. The number of benzene rings is 1. The van der Waals surface area contributed by atoms with E-state index >= 15 is 0 Å². The molecule has 0 saturated carbocycles. The van der Waals surface area contributed by atoms with Crippen molar-refractivity contribution in [3.63, 3.8) is 0 Å². The van der Waals surface area contributed by atoms with Crippen molar-refractivity contribution in [1.29, 1.82) is 0 Å². The SMILES string of the molecule is CN(CC[C@H](O)c1ccccc1)C(=O)c1ccnc(-n2cnnc2)c1. The molecule has 1 aromatic carbocycles. The quantitative estimate of drug-likeness (QED) is 0.742. The summed E-state index contributed by atoms with van der Waals surface area (Å²) in [5.74, 6) is 0.450. The number of aliphatic hydroxyl groups excluding tert-OH is 1. The predicted molar refractivity (Wildman–Crippen MR) is 92.1 cm³/mol. The van der Waals surface area contributed by atoms with Crippen molar-refractivity contribution in [3.8, 4) is 5.82 Å². The lowest BCUT2D eigenvalue weighted by atomic mass is 10.1. The summed E-state index contributed by atoms with van der Waals surface area (Å²) < 4.78 is 1.63. The summed E-state index contributed by atoms with van der Waals surface area (Å²) in [5.41, 5.74) is 1.37. The van der Waals surface area contributed by atoms with Crippen molar-refractivity contribution in [3.05, 3.63) is 72.4 Å². The molecule has 25 heavy (non-hydrogen) atoms. The fourth-order valence-electron chi connectivity index (χ4n) is 2.49. The van der Waals surface area contributed by atoms with Gasteiger partial charge in [0, 0.05) is 25.4 Å². The summed E-state index contributed by atoms with van der Waals surface area (Å²) in [7, 11) is 1.72. The first-order valence-electron chi connectivity index (χ1n) is 7.94. The van der Waals surface area contributed by atoms with Crippen molar-refractivity contribution >= 4 is 5.91 Å². The van der Waals surface area contributed by atoms with E-state index in [9.17, 15) is 9.90 Å². The van der Waals surface area contributed by atoms with Crippen LogP contribution in [0.2, 0.25) is 0 Å². The Bertz CT molecular complexity index is 821. The number of carbonyl (C=O) groups is 1. The smallest absolute Gasteiger partial charge is 0.253 e. The highest BCUT2D eigenvalue weighted by Crippen LogP contribution is 2.17. The van der Waals surface area contributed by atoms with Gasteiger partial charge in [-0.2, -0.15) is 0 Å². The fourth-order valence-corrected chi connectivity index (χ4v) is 2.49. The van der Waals surface area contributed by atoms with Gasteiger partial charge in [0.15, 0.2) is 0 Å². The Morgan fingerprint density at radius 2 is 1.92 bits per heavy atom. The number of hydrogen-bond acceptors (Lipinski definition) is 5. The zero-order chi connectivity index (χ0) is 17.6. The first-order valence-corrected chi connectivity index (χ1v) is 7.94. The number of rotatable bonds is 6. The molecule has 0 aliphatic carbocycles. The van der Waals surface area contributed by atoms with Gasteiger partial charge in [0.05, 0.1) is 6.10 Å². The maximum Gasteiger partial charge on any atom is 0.253 e. The number of aromatic nitrogens is 4. The van der Waals surface area contributed by atoms with Crippen LogP contribution >= 0.6 is 0 Å². The van der Waals surface area contributed by atoms with Crippen LogP contribution in [0.5, 0.6) is 0 Å². The van der Waals surface area contributed by atoms with E-state index in [1.807, 2.05) is 30.3 Å². The molecule has 3 rings (SSSR count). The summed E-state index contributed by atoms with van der Waals surface area (Å²) in [6.07, 6.45) is 4.50. The Morgan fingerprint density at radius 3 is 2.64 bits per heavy atom. The monoisotopic (exact) mass is 337 g/mol. The normalized spacial score (nSPS) is 11.9. The highest BCUT2D eigenvalue weighted by atomic mass is 16.3. The summed E-state index contributed by atoms with van der Waals surface area (Å²) in [6.45, 7) is 0.444. The van der Waals surface area contributed by atoms with Gasteiger partial charge >= 0.3 is 0 Å². The second-order valence-corrected chi connectivity index (χ2v) is 5.71. The van der Waals surface area contributed by atoms with Gasteiger partial charge in [0.25, 0.3) is 5.91 Å². The van der Waals surface area contributed by atoms with E-state index in [2.05, 4.69) is 15.2 Å². The number of pyridine rings is 1. The summed E-state index contributed by atoms with van der Waals surface area (Å²) >= 11 is 0. The van der Waals surface area contributed by atoms with E-state index in [4.69, 9.17) is 0 Å². The molecule has 0 radical (unpaired) electrons. The molecular formula is C18H19N5O2. The molecule has 2 aromatic heterocycles. The molecule has 1 amide bonds. The molecule has 0 spiro atoms. The Kier molecular flexibility index (Phi) is 5.15. The Hall–Kier alpha value is -3.06. The Balaban J connectivity index is 1.63. The molecule has 7 heteroatoms. The second-order valence-electron chi connectivity index (χ2n) is 5.71. The van der Waals surface area contributed by atoms with E-state index < -0.39 is 6.10 Å². The van der Waals surface area contributed by atoms with Gasteiger partial charge in [0.1, 0.15) is 18.5 Å². The minimum absolute atomic E-state index is 0.128. The molecular weight excluding hydrogens is 318 g/mol. The van der Waals surface area contributed by atoms with Crippen LogP contribution in [-0.2, 0) is 0 Å². The van der Waals surface area contributed by atoms with Gasteiger partial charge in [-0.05, 0) is 24.1 Å². The predicted octanol–water partition coefficient (Wildman–Crippen LogP) is 1.86. The van der Waals surface area contributed by atoms with Crippen molar-refractivity contribution in [2.75, 3.05) is 13.6 Å². The van der Waals surface area contributed by atoms with Crippen LogP contribution in [-0.4, -0.2) is 49.3 Å². The Morgan fingerprint density at radius 1 is 1.20 bits per heavy atom. The number of aliphatic hydroxyl groups is 1. The van der Waals surface area contributed by atoms with Crippen molar-refractivity contribution in [2.45, 2.75) is 12.5 Å². The molecule has 0 bridgehead atoms. The maximum atomic E-state index is 12.6. The molecule has 2 heterocycles. The van der Waals surface area contributed by atoms with Gasteiger partial charge in [-0.15, -0.1) is 10.2 Å². The third-order valence-corrected chi connectivity index (χ3v) is 3.94. The van der Waals surface area contributed by atoms with Gasteiger partial charge < -0.3 is 10.0 Å². The summed E-state index contributed by atoms with van der Waals surface area (Å²) in [5, 5.41) is 17.7. The van der Waals surface area contributed by atoms with Crippen molar-refractivity contribution in [2.24, 2.45) is 0 Å². The number of carbonyl (C=O) groups excluding carboxylic acids is 1. The molecule has 0 saturated heterocycles. The molecule has 1 atom stereocenters. The van der Waals surface area contributed by atoms with Gasteiger partial charge in [0.2, 0.25) is 0 Å². The van der Waals surface area contributed by atoms with Crippen LogP contribution in [0.25, 0.3) is 5.82 Å². The van der Waals surface area contributed by atoms with Crippen LogP contribution in [0, 0.1) is 0 Å². The van der Waals surface area contributed by atoms with Crippen LogP contribution in [0.4, 0.5) is 0 Å². The van der Waals surface area contributed by atoms with E-state index in [0.29, 0.717) is 24.3 Å². The first-order chi connectivity index (χ1) is 12.1. The van der Waals surface area contributed by atoms with Crippen LogP contribution in [0.3, 0.4) is 0 Å². The van der Waals surface area contributed by atoms with Crippen molar-refractivity contribution < 1.29 is 9.90 Å². The number of nitrogens with zero attached hydrogens (tertiary/aromatic N) is 5. The molecule has 0 fully saturated rings. The zero-order valence-electron chi connectivity index (χ0n) is 13.9. The van der Waals surface area contributed by atoms with Crippen LogP contribution in [0.1, 0.15) is 28.4 Å². The lowest BCUT2D eigenvalue weighted by Gasteiger charge is -2.19. The minimum atomic E-state index is -0.596. The molecule has 7 nitrogen and oxygen atoms in total. The summed E-state index contributed by atoms with van der Waals surface area (Å²) in [4.78, 5) is 18.4. The molecule has 1 N–H and O–H groups in total. The molecule has 3 aromatic rings. The summed E-state index contributed by atoms with van der Waals surface area (Å²) in [6, 6.07) is 12.8. The van der Waals surface area contributed by atoms with Crippen LogP contribution < -0.4 is 0 Å². The lowest BCUT2D eigenvalue weighted by Crippen LogP contribution is -2.28. The topological polar surface area (TPSA) is 84.1 Å². The molecule has 0 aliphatic rings. The lowest BCUT2D eigenvalue weighted by molar-refractivity contribution is 0.0761. The standard InChI is InChI=1S/C18H19N5O2/c1-22(10-8-16(24)14-5-3-2-4-6-14)18(25)15-7-9-19-17(11-15)23-12-20-21-13-23/h2-7,9,11-13,16,24H,8,10H2,1H3/t16-/m0/s1. The Labute approximate surface area is 145 Å². The van der Waals surface area contributed by atoms with Crippen molar-refractivity contribution in [1.82, 2.24) is 24.6 Å². The minimum Gasteiger partial charge on any atom is -0.388 e. The van der Waals surface area contributed by atoms with Gasteiger partial charge in [-0.25, -0.2) is 4.98 Å². The number of amides is 1. The maximum absolute atomic E-state index is 12.6. The van der Waals surface area contributed by atoms with E-state index in [1.54, 1.807) is 34.8 Å².